The van der Waals surface area contributed by atoms with Crippen LogP contribution in [-0.4, -0.2) is 40.7 Å². The Labute approximate surface area is 163 Å². The highest BCUT2D eigenvalue weighted by Crippen LogP contribution is 2.23. The predicted molar refractivity (Wildman–Crippen MR) is 106 cm³/mol. The van der Waals surface area contributed by atoms with Crippen molar-refractivity contribution < 1.29 is 9.32 Å². The molecule has 4 rings (SSSR count). The predicted octanol–water partition coefficient (Wildman–Crippen LogP) is 3.27. The molecule has 7 nitrogen and oxygen atoms in total. The number of amides is 1. The highest BCUT2D eigenvalue weighted by Gasteiger charge is 2.19. The maximum Gasteiger partial charge on any atom is 0.316 e. The Morgan fingerprint density at radius 2 is 2.00 bits per heavy atom. The molecule has 1 aliphatic heterocycles. The first-order valence-corrected chi connectivity index (χ1v) is 9.59. The largest absolute Gasteiger partial charge is 0.357 e. The lowest BCUT2D eigenvalue weighted by atomic mass is 10.0. The van der Waals surface area contributed by atoms with Crippen molar-refractivity contribution >= 4 is 11.7 Å². The first-order chi connectivity index (χ1) is 13.7. The normalized spacial score (nSPS) is 14.8. The standard InChI is InChI=1S/C21H23N5O2/c1-15(16-7-3-2-4-8-16)14-23-20(27)21-24-19(25-28-21)17-9-10-22-18(13-17)26-11-5-6-12-26/h2-4,7-10,13,15H,5-6,11-12,14H2,1H3,(H,23,27). The van der Waals surface area contributed by atoms with E-state index in [2.05, 4.69) is 32.3 Å². The van der Waals surface area contributed by atoms with Crippen LogP contribution in [0.3, 0.4) is 0 Å². The van der Waals surface area contributed by atoms with E-state index in [0.29, 0.717) is 12.4 Å². The van der Waals surface area contributed by atoms with Crippen molar-refractivity contribution in [2.75, 3.05) is 24.5 Å². The van der Waals surface area contributed by atoms with Crippen molar-refractivity contribution in [3.63, 3.8) is 0 Å². The average Bonchev–Trinajstić information content (AvgIpc) is 3.45. The van der Waals surface area contributed by atoms with Crippen molar-refractivity contribution in [1.82, 2.24) is 20.4 Å². The van der Waals surface area contributed by atoms with Gasteiger partial charge in [0.2, 0.25) is 5.82 Å². The second-order valence-corrected chi connectivity index (χ2v) is 7.04. The molecule has 1 atom stereocenters. The van der Waals surface area contributed by atoms with Gasteiger partial charge in [0.15, 0.2) is 0 Å². The zero-order chi connectivity index (χ0) is 19.3. The Hall–Kier alpha value is -3.22. The summed E-state index contributed by atoms with van der Waals surface area (Å²) in [6.45, 7) is 4.58. The van der Waals surface area contributed by atoms with E-state index in [4.69, 9.17) is 4.52 Å². The fourth-order valence-corrected chi connectivity index (χ4v) is 3.33. The third kappa shape index (κ3) is 4.03. The summed E-state index contributed by atoms with van der Waals surface area (Å²) in [6, 6.07) is 13.8. The van der Waals surface area contributed by atoms with Gasteiger partial charge in [-0.2, -0.15) is 4.98 Å². The smallest absolute Gasteiger partial charge is 0.316 e. The van der Waals surface area contributed by atoms with Gasteiger partial charge in [0.1, 0.15) is 5.82 Å². The maximum absolute atomic E-state index is 12.4. The molecule has 3 aromatic rings. The number of pyridine rings is 1. The molecular weight excluding hydrogens is 354 g/mol. The molecule has 1 aromatic carbocycles. The quantitative estimate of drug-likeness (QED) is 0.710. The van der Waals surface area contributed by atoms with E-state index >= 15 is 0 Å². The molecule has 1 fully saturated rings. The molecular formula is C21H23N5O2. The van der Waals surface area contributed by atoms with Crippen LogP contribution in [0.4, 0.5) is 5.82 Å². The lowest BCUT2D eigenvalue weighted by Gasteiger charge is -2.16. The number of hydrogen-bond donors (Lipinski definition) is 1. The number of nitrogens with one attached hydrogen (secondary N) is 1. The highest BCUT2D eigenvalue weighted by molar-refractivity contribution is 5.89. The summed E-state index contributed by atoms with van der Waals surface area (Å²) in [6.07, 6.45) is 4.10. The van der Waals surface area contributed by atoms with Crippen molar-refractivity contribution in [3.05, 3.63) is 60.1 Å². The number of benzene rings is 1. The van der Waals surface area contributed by atoms with Gasteiger partial charge in [-0.15, -0.1) is 0 Å². The maximum atomic E-state index is 12.4. The van der Waals surface area contributed by atoms with Gasteiger partial charge in [0, 0.05) is 31.4 Å². The fraction of sp³-hybridized carbons (Fsp3) is 0.333. The van der Waals surface area contributed by atoms with Crippen molar-refractivity contribution in [2.24, 2.45) is 0 Å². The van der Waals surface area contributed by atoms with Gasteiger partial charge >= 0.3 is 11.8 Å². The number of rotatable bonds is 6. The summed E-state index contributed by atoms with van der Waals surface area (Å²) < 4.78 is 5.18. The van der Waals surface area contributed by atoms with Crippen LogP contribution in [0.25, 0.3) is 11.4 Å². The summed E-state index contributed by atoms with van der Waals surface area (Å²) in [5.41, 5.74) is 1.96. The first kappa shape index (κ1) is 18.2. The topological polar surface area (TPSA) is 84.2 Å². The molecule has 0 aliphatic carbocycles. The van der Waals surface area contributed by atoms with E-state index in [1.165, 1.54) is 18.4 Å². The molecule has 144 valence electrons. The number of carbonyl (C=O) groups excluding carboxylic acids is 1. The van der Waals surface area contributed by atoms with Crippen LogP contribution < -0.4 is 10.2 Å². The molecule has 1 unspecified atom stereocenters. The molecule has 2 aromatic heterocycles. The van der Waals surface area contributed by atoms with Crippen LogP contribution in [0.15, 0.2) is 53.2 Å². The minimum absolute atomic E-state index is 0.0326. The minimum atomic E-state index is -0.365. The van der Waals surface area contributed by atoms with Gasteiger partial charge in [-0.3, -0.25) is 4.79 Å². The van der Waals surface area contributed by atoms with E-state index < -0.39 is 0 Å². The van der Waals surface area contributed by atoms with Crippen LogP contribution in [0.5, 0.6) is 0 Å². The third-order valence-electron chi connectivity index (χ3n) is 4.99. The summed E-state index contributed by atoms with van der Waals surface area (Å²) in [5.74, 6) is 1.09. The van der Waals surface area contributed by atoms with Gasteiger partial charge < -0.3 is 14.7 Å². The highest BCUT2D eigenvalue weighted by atomic mass is 16.5. The van der Waals surface area contributed by atoms with E-state index in [0.717, 1.165) is 24.5 Å². The van der Waals surface area contributed by atoms with E-state index in [1.54, 1.807) is 6.20 Å². The van der Waals surface area contributed by atoms with Gasteiger partial charge in [-0.1, -0.05) is 42.4 Å². The van der Waals surface area contributed by atoms with Gasteiger partial charge in [-0.25, -0.2) is 4.98 Å². The molecule has 0 bridgehead atoms. The van der Waals surface area contributed by atoms with Crippen LogP contribution in [0, 0.1) is 0 Å². The van der Waals surface area contributed by atoms with E-state index in [-0.39, 0.29) is 17.7 Å². The fourth-order valence-electron chi connectivity index (χ4n) is 3.33. The van der Waals surface area contributed by atoms with Crippen LogP contribution in [-0.2, 0) is 0 Å². The van der Waals surface area contributed by atoms with Gasteiger partial charge in [-0.05, 0) is 36.5 Å². The zero-order valence-corrected chi connectivity index (χ0v) is 15.8. The van der Waals surface area contributed by atoms with E-state index in [1.807, 2.05) is 42.5 Å². The first-order valence-electron chi connectivity index (χ1n) is 9.59. The SMILES string of the molecule is CC(CNC(=O)c1nc(-c2ccnc(N3CCCC3)c2)no1)c1ccccc1. The van der Waals surface area contributed by atoms with Crippen molar-refractivity contribution in [3.8, 4) is 11.4 Å². The van der Waals surface area contributed by atoms with Crippen LogP contribution in [0.1, 0.15) is 41.9 Å². The Bertz CT molecular complexity index is 935. The molecule has 1 amide bonds. The van der Waals surface area contributed by atoms with Crippen molar-refractivity contribution in [1.29, 1.82) is 0 Å². The van der Waals surface area contributed by atoms with Crippen LogP contribution in [0.2, 0.25) is 0 Å². The lowest BCUT2D eigenvalue weighted by molar-refractivity contribution is 0.0908. The molecule has 0 spiro atoms. The summed E-state index contributed by atoms with van der Waals surface area (Å²) in [5, 5.41) is 6.83. The number of nitrogens with zero attached hydrogens (tertiary/aromatic N) is 4. The molecule has 1 N–H and O–H groups in total. The number of carbonyl (C=O) groups is 1. The Morgan fingerprint density at radius 3 is 2.79 bits per heavy atom. The van der Waals surface area contributed by atoms with Gasteiger partial charge in [0.05, 0.1) is 0 Å². The second-order valence-electron chi connectivity index (χ2n) is 7.04. The minimum Gasteiger partial charge on any atom is -0.357 e. The Balaban J connectivity index is 1.41. The number of anilines is 1. The summed E-state index contributed by atoms with van der Waals surface area (Å²) in [7, 11) is 0. The van der Waals surface area contributed by atoms with Gasteiger partial charge in [0.25, 0.3) is 0 Å². The summed E-state index contributed by atoms with van der Waals surface area (Å²) in [4.78, 5) is 23.3. The molecule has 0 radical (unpaired) electrons. The van der Waals surface area contributed by atoms with E-state index in [9.17, 15) is 4.79 Å². The molecule has 1 saturated heterocycles. The lowest BCUT2D eigenvalue weighted by Crippen LogP contribution is -2.27. The average molecular weight is 377 g/mol. The summed E-state index contributed by atoms with van der Waals surface area (Å²) >= 11 is 0. The Kier molecular flexibility index (Phi) is 5.32. The monoisotopic (exact) mass is 377 g/mol. The zero-order valence-electron chi connectivity index (χ0n) is 15.8. The van der Waals surface area contributed by atoms with Crippen LogP contribution >= 0.6 is 0 Å². The Morgan fingerprint density at radius 1 is 1.21 bits per heavy atom. The third-order valence-corrected chi connectivity index (χ3v) is 4.99. The molecule has 3 heterocycles. The molecule has 28 heavy (non-hydrogen) atoms. The number of hydrogen-bond acceptors (Lipinski definition) is 6. The second kappa shape index (κ2) is 8.21. The molecule has 1 aliphatic rings. The molecule has 7 heteroatoms. The number of aromatic nitrogens is 3. The van der Waals surface area contributed by atoms with Crippen molar-refractivity contribution in [2.45, 2.75) is 25.7 Å². The molecule has 0 saturated carbocycles.